The monoisotopic (exact) mass is 286 g/mol. The Morgan fingerprint density at radius 3 is 2.67 bits per heavy atom. The fourth-order valence-corrected chi connectivity index (χ4v) is 2.43. The third-order valence-electron chi connectivity index (χ3n) is 3.62. The van der Waals surface area contributed by atoms with Crippen molar-refractivity contribution in [3.8, 4) is 0 Å². The number of anilines is 1. The molecule has 6 nitrogen and oxygen atoms in total. The fraction of sp³-hybridized carbons (Fsp3) is 0.333. The van der Waals surface area contributed by atoms with E-state index < -0.39 is 0 Å². The Morgan fingerprint density at radius 1 is 1.24 bits per heavy atom. The van der Waals surface area contributed by atoms with E-state index in [-0.39, 0.29) is 5.91 Å². The maximum absolute atomic E-state index is 12.3. The molecule has 1 amide bonds. The van der Waals surface area contributed by atoms with Gasteiger partial charge in [-0.2, -0.15) is 0 Å². The number of hydrogen-bond donors (Lipinski definition) is 1. The number of rotatable bonds is 3. The summed E-state index contributed by atoms with van der Waals surface area (Å²) in [6.45, 7) is 3.86. The third kappa shape index (κ3) is 3.22. The fourth-order valence-electron chi connectivity index (χ4n) is 2.43. The maximum Gasteiger partial charge on any atom is 0.272 e. The van der Waals surface area contributed by atoms with Gasteiger partial charge in [-0.15, -0.1) is 0 Å². The molecular formula is C15H18N4O2. The Hall–Kier alpha value is -2.34. The van der Waals surface area contributed by atoms with E-state index in [1.54, 1.807) is 18.4 Å². The molecule has 0 saturated carbocycles. The highest BCUT2D eigenvalue weighted by molar-refractivity contribution is 5.92. The zero-order valence-electron chi connectivity index (χ0n) is 11.7. The minimum Gasteiger partial charge on any atom is -0.468 e. The number of nitrogen functional groups attached to an aromatic ring is 1. The first-order valence-electron chi connectivity index (χ1n) is 6.98. The molecule has 0 atom stereocenters. The van der Waals surface area contributed by atoms with Gasteiger partial charge in [-0.1, -0.05) is 0 Å². The van der Waals surface area contributed by atoms with Crippen molar-refractivity contribution in [3.63, 3.8) is 0 Å². The second-order valence-electron chi connectivity index (χ2n) is 5.12. The normalized spacial score (nSPS) is 16.1. The number of hydrogen-bond acceptors (Lipinski definition) is 5. The highest BCUT2D eigenvalue weighted by atomic mass is 16.3. The summed E-state index contributed by atoms with van der Waals surface area (Å²) in [5, 5.41) is 0. The second kappa shape index (κ2) is 5.97. The van der Waals surface area contributed by atoms with E-state index in [4.69, 9.17) is 10.2 Å². The van der Waals surface area contributed by atoms with Gasteiger partial charge in [0, 0.05) is 26.2 Å². The minimum atomic E-state index is -0.0346. The van der Waals surface area contributed by atoms with Crippen LogP contribution in [0.25, 0.3) is 0 Å². The van der Waals surface area contributed by atoms with Crippen molar-refractivity contribution in [1.82, 2.24) is 14.8 Å². The predicted octanol–water partition coefficient (Wildman–Crippen LogP) is 1.21. The van der Waals surface area contributed by atoms with Gasteiger partial charge in [-0.3, -0.25) is 9.69 Å². The Morgan fingerprint density at radius 2 is 2.05 bits per heavy atom. The molecule has 0 radical (unpaired) electrons. The number of aromatic nitrogens is 1. The molecule has 0 spiro atoms. The third-order valence-corrected chi connectivity index (χ3v) is 3.62. The molecule has 0 aromatic carbocycles. The Balaban J connectivity index is 1.55. The number of carbonyl (C=O) groups is 1. The predicted molar refractivity (Wildman–Crippen MR) is 78.5 cm³/mol. The molecule has 2 aromatic heterocycles. The van der Waals surface area contributed by atoms with Crippen LogP contribution in [0.3, 0.4) is 0 Å². The van der Waals surface area contributed by atoms with Crippen LogP contribution in [-0.2, 0) is 6.54 Å². The van der Waals surface area contributed by atoms with E-state index in [9.17, 15) is 4.79 Å². The molecule has 0 aliphatic carbocycles. The van der Waals surface area contributed by atoms with Gasteiger partial charge in [-0.05, 0) is 24.3 Å². The maximum atomic E-state index is 12.3. The van der Waals surface area contributed by atoms with Crippen LogP contribution in [0, 0.1) is 0 Å². The van der Waals surface area contributed by atoms with Crippen LogP contribution in [0.4, 0.5) is 5.69 Å². The van der Waals surface area contributed by atoms with Crippen LogP contribution in [0.1, 0.15) is 16.2 Å². The Kier molecular flexibility index (Phi) is 3.87. The molecule has 2 aromatic rings. The van der Waals surface area contributed by atoms with Crippen LogP contribution in [0.5, 0.6) is 0 Å². The largest absolute Gasteiger partial charge is 0.468 e. The number of nitrogens with two attached hydrogens (primary N) is 1. The van der Waals surface area contributed by atoms with E-state index in [2.05, 4.69) is 9.88 Å². The van der Waals surface area contributed by atoms with E-state index >= 15 is 0 Å². The molecule has 6 heteroatoms. The molecule has 3 heterocycles. The molecule has 3 rings (SSSR count). The number of carbonyl (C=O) groups excluding carboxylic acids is 1. The van der Waals surface area contributed by atoms with Gasteiger partial charge in [0.2, 0.25) is 0 Å². The van der Waals surface area contributed by atoms with E-state index in [0.717, 1.165) is 25.4 Å². The zero-order valence-corrected chi connectivity index (χ0v) is 11.7. The van der Waals surface area contributed by atoms with E-state index in [0.29, 0.717) is 24.5 Å². The van der Waals surface area contributed by atoms with Gasteiger partial charge in [0.25, 0.3) is 5.91 Å². The molecule has 21 heavy (non-hydrogen) atoms. The zero-order chi connectivity index (χ0) is 14.7. The average molecular weight is 286 g/mol. The molecular weight excluding hydrogens is 268 g/mol. The van der Waals surface area contributed by atoms with Crippen LogP contribution >= 0.6 is 0 Å². The first kappa shape index (κ1) is 13.6. The first-order valence-corrected chi connectivity index (χ1v) is 6.98. The summed E-state index contributed by atoms with van der Waals surface area (Å²) in [6.07, 6.45) is 3.20. The van der Waals surface area contributed by atoms with Crippen molar-refractivity contribution in [2.24, 2.45) is 0 Å². The number of nitrogens with zero attached hydrogens (tertiary/aromatic N) is 3. The summed E-state index contributed by atoms with van der Waals surface area (Å²) in [5.41, 5.74) is 6.60. The molecule has 1 aliphatic rings. The van der Waals surface area contributed by atoms with Crippen LogP contribution in [-0.4, -0.2) is 46.9 Å². The molecule has 0 bridgehead atoms. The van der Waals surface area contributed by atoms with Crippen LogP contribution in [0.2, 0.25) is 0 Å². The average Bonchev–Trinajstić information content (AvgIpc) is 3.01. The standard InChI is InChI=1S/C15H18N4O2/c16-12-3-4-14(17-10-12)15(20)19-7-5-18(6-8-19)11-13-2-1-9-21-13/h1-4,9-10H,5-8,11,16H2. The highest BCUT2D eigenvalue weighted by Crippen LogP contribution is 2.11. The van der Waals surface area contributed by atoms with Crippen LogP contribution < -0.4 is 5.73 Å². The molecule has 1 fully saturated rings. The van der Waals surface area contributed by atoms with Crippen molar-refractivity contribution in [2.75, 3.05) is 31.9 Å². The van der Waals surface area contributed by atoms with Crippen molar-refractivity contribution < 1.29 is 9.21 Å². The minimum absolute atomic E-state index is 0.0346. The lowest BCUT2D eigenvalue weighted by atomic mass is 10.2. The highest BCUT2D eigenvalue weighted by Gasteiger charge is 2.23. The number of piperazine rings is 1. The molecule has 0 unspecified atom stereocenters. The summed E-state index contributed by atoms with van der Waals surface area (Å²) in [4.78, 5) is 20.5. The summed E-state index contributed by atoms with van der Waals surface area (Å²) in [6, 6.07) is 7.23. The number of amides is 1. The van der Waals surface area contributed by atoms with Gasteiger partial charge in [0.15, 0.2) is 0 Å². The SMILES string of the molecule is Nc1ccc(C(=O)N2CCN(Cc3ccco3)CC2)nc1. The number of furan rings is 1. The van der Waals surface area contributed by atoms with Gasteiger partial charge >= 0.3 is 0 Å². The van der Waals surface area contributed by atoms with Crippen molar-refractivity contribution in [1.29, 1.82) is 0 Å². The quantitative estimate of drug-likeness (QED) is 0.918. The Labute approximate surface area is 123 Å². The van der Waals surface area contributed by atoms with E-state index in [1.807, 2.05) is 17.0 Å². The molecule has 1 saturated heterocycles. The summed E-state index contributed by atoms with van der Waals surface area (Å²) in [5.74, 6) is 0.919. The van der Waals surface area contributed by atoms with Gasteiger partial charge < -0.3 is 15.1 Å². The lowest BCUT2D eigenvalue weighted by molar-refractivity contribution is 0.0614. The van der Waals surface area contributed by atoms with Crippen molar-refractivity contribution in [2.45, 2.75) is 6.54 Å². The smallest absolute Gasteiger partial charge is 0.272 e. The number of pyridine rings is 1. The first-order chi connectivity index (χ1) is 10.2. The summed E-state index contributed by atoms with van der Waals surface area (Å²) < 4.78 is 5.35. The molecule has 110 valence electrons. The van der Waals surface area contributed by atoms with E-state index in [1.165, 1.54) is 6.20 Å². The van der Waals surface area contributed by atoms with Crippen molar-refractivity contribution >= 4 is 11.6 Å². The van der Waals surface area contributed by atoms with Crippen LogP contribution in [0.15, 0.2) is 41.1 Å². The second-order valence-corrected chi connectivity index (χ2v) is 5.12. The molecule has 1 aliphatic heterocycles. The Bertz CT molecular complexity index is 587. The van der Waals surface area contributed by atoms with Gasteiger partial charge in [0.05, 0.1) is 24.7 Å². The topological polar surface area (TPSA) is 75.6 Å². The lowest BCUT2D eigenvalue weighted by Crippen LogP contribution is -2.48. The summed E-state index contributed by atoms with van der Waals surface area (Å²) >= 11 is 0. The molecule has 2 N–H and O–H groups in total. The lowest BCUT2D eigenvalue weighted by Gasteiger charge is -2.34. The van der Waals surface area contributed by atoms with Gasteiger partial charge in [0.1, 0.15) is 11.5 Å². The summed E-state index contributed by atoms with van der Waals surface area (Å²) in [7, 11) is 0. The van der Waals surface area contributed by atoms with Gasteiger partial charge in [-0.25, -0.2) is 4.98 Å². The van der Waals surface area contributed by atoms with Crippen molar-refractivity contribution in [3.05, 3.63) is 48.2 Å².